The van der Waals surface area contributed by atoms with Gasteiger partial charge in [0, 0.05) is 23.5 Å². The molecule has 1 fully saturated rings. The number of nitrogens with one attached hydrogen (secondary N) is 2. The second-order valence-corrected chi connectivity index (χ2v) is 7.86. The molecule has 2 heterocycles. The fourth-order valence-corrected chi connectivity index (χ4v) is 3.94. The van der Waals surface area contributed by atoms with Gasteiger partial charge < -0.3 is 15.2 Å². The quantitative estimate of drug-likeness (QED) is 0.649. The van der Waals surface area contributed by atoms with Crippen LogP contribution in [0.2, 0.25) is 0 Å². The zero-order valence-electron chi connectivity index (χ0n) is 15.8. The highest BCUT2D eigenvalue weighted by Gasteiger charge is 2.35. The van der Waals surface area contributed by atoms with Gasteiger partial charge in [0.1, 0.15) is 5.82 Å². The molecule has 0 bridgehead atoms. The molecule has 0 spiro atoms. The number of imidazole rings is 1. The van der Waals surface area contributed by atoms with E-state index in [-0.39, 0.29) is 30.2 Å². The average molecular weight is 395 g/mol. The van der Waals surface area contributed by atoms with Crippen LogP contribution in [0, 0.1) is 5.92 Å². The van der Waals surface area contributed by atoms with Crippen LogP contribution in [0.15, 0.2) is 53.4 Å². The number of carbonyl (C=O) groups excluding carboxylic acids is 2. The Hall–Kier alpha value is -2.80. The molecule has 7 heteroatoms. The summed E-state index contributed by atoms with van der Waals surface area (Å²) >= 11 is 1.63. The highest BCUT2D eigenvalue weighted by molar-refractivity contribution is 7.98. The number of rotatable bonds is 5. The van der Waals surface area contributed by atoms with Crippen molar-refractivity contribution in [2.75, 3.05) is 17.7 Å². The highest BCUT2D eigenvalue weighted by atomic mass is 32.2. The first-order chi connectivity index (χ1) is 13.5. The SMILES string of the molecule is CSc1cccc(N2C[C@H](C(=O)N[C@H](C)c3nc4ccccc4[nH]3)CC2=O)c1. The molecule has 2 N–H and O–H groups in total. The van der Waals surface area contributed by atoms with E-state index in [2.05, 4.69) is 15.3 Å². The fraction of sp³-hybridized carbons (Fsp3) is 0.286. The van der Waals surface area contributed by atoms with Gasteiger partial charge in [0.15, 0.2) is 0 Å². The van der Waals surface area contributed by atoms with Crippen molar-refractivity contribution in [3.8, 4) is 0 Å². The second-order valence-electron chi connectivity index (χ2n) is 6.98. The monoisotopic (exact) mass is 394 g/mol. The van der Waals surface area contributed by atoms with Crippen LogP contribution in [0.1, 0.15) is 25.2 Å². The van der Waals surface area contributed by atoms with E-state index in [9.17, 15) is 9.59 Å². The lowest BCUT2D eigenvalue weighted by atomic mass is 10.1. The number of amides is 2. The van der Waals surface area contributed by atoms with Crippen molar-refractivity contribution < 1.29 is 9.59 Å². The minimum atomic E-state index is -0.364. The standard InChI is InChI=1S/C21H22N4O2S/c1-13(20-23-17-8-3-4-9-18(17)24-20)22-21(27)14-10-19(26)25(12-14)15-6-5-7-16(11-15)28-2/h3-9,11,13-14H,10,12H2,1-2H3,(H,22,27)(H,23,24)/t13-,14-/m1/s1. The first-order valence-electron chi connectivity index (χ1n) is 9.24. The van der Waals surface area contributed by atoms with Gasteiger partial charge in [0.2, 0.25) is 11.8 Å². The van der Waals surface area contributed by atoms with Gasteiger partial charge in [-0.05, 0) is 43.5 Å². The van der Waals surface area contributed by atoms with Crippen LogP contribution in [-0.4, -0.2) is 34.6 Å². The van der Waals surface area contributed by atoms with Crippen molar-refractivity contribution in [2.24, 2.45) is 5.92 Å². The minimum Gasteiger partial charge on any atom is -0.346 e. The Morgan fingerprint density at radius 3 is 2.89 bits per heavy atom. The zero-order chi connectivity index (χ0) is 19.7. The lowest BCUT2D eigenvalue weighted by Gasteiger charge is -2.18. The van der Waals surface area contributed by atoms with Crippen molar-refractivity contribution in [3.05, 3.63) is 54.4 Å². The number of fused-ring (bicyclic) bond motifs is 1. The largest absolute Gasteiger partial charge is 0.346 e. The maximum absolute atomic E-state index is 12.8. The summed E-state index contributed by atoms with van der Waals surface area (Å²) in [5.74, 6) is 0.209. The summed E-state index contributed by atoms with van der Waals surface area (Å²) in [6, 6.07) is 15.3. The number of carbonyl (C=O) groups is 2. The topological polar surface area (TPSA) is 78.1 Å². The molecule has 2 aromatic carbocycles. The number of thioether (sulfide) groups is 1. The molecule has 1 aliphatic rings. The zero-order valence-corrected chi connectivity index (χ0v) is 16.6. The van der Waals surface area contributed by atoms with Gasteiger partial charge in [0.05, 0.1) is 23.0 Å². The third-order valence-corrected chi connectivity index (χ3v) is 5.76. The third-order valence-electron chi connectivity index (χ3n) is 5.04. The second kappa shape index (κ2) is 7.67. The van der Waals surface area contributed by atoms with Crippen LogP contribution >= 0.6 is 11.8 Å². The molecule has 28 heavy (non-hydrogen) atoms. The number of anilines is 1. The van der Waals surface area contributed by atoms with E-state index < -0.39 is 0 Å². The molecule has 0 aliphatic carbocycles. The molecule has 0 unspecified atom stereocenters. The Morgan fingerprint density at radius 1 is 1.29 bits per heavy atom. The molecule has 144 valence electrons. The van der Waals surface area contributed by atoms with Crippen LogP contribution < -0.4 is 10.2 Å². The Labute approximate surface area is 167 Å². The minimum absolute atomic E-state index is 0.0187. The molecule has 1 aromatic heterocycles. The van der Waals surface area contributed by atoms with E-state index in [1.54, 1.807) is 16.7 Å². The molecule has 0 radical (unpaired) electrons. The van der Waals surface area contributed by atoms with E-state index in [4.69, 9.17) is 0 Å². The first-order valence-corrected chi connectivity index (χ1v) is 10.5. The summed E-state index contributed by atoms with van der Waals surface area (Å²) < 4.78 is 0. The normalized spacial score (nSPS) is 17.9. The molecule has 0 saturated carbocycles. The van der Waals surface area contributed by atoms with Crippen molar-refractivity contribution in [3.63, 3.8) is 0 Å². The Balaban J connectivity index is 1.44. The Morgan fingerprint density at radius 2 is 2.11 bits per heavy atom. The lowest BCUT2D eigenvalue weighted by molar-refractivity contribution is -0.126. The molecule has 4 rings (SSSR count). The fourth-order valence-electron chi connectivity index (χ4n) is 3.49. The van der Waals surface area contributed by atoms with Crippen LogP contribution in [0.3, 0.4) is 0 Å². The van der Waals surface area contributed by atoms with Crippen LogP contribution in [0.4, 0.5) is 5.69 Å². The molecule has 3 aromatic rings. The van der Waals surface area contributed by atoms with Gasteiger partial charge in [-0.25, -0.2) is 4.98 Å². The number of aromatic nitrogens is 2. The highest BCUT2D eigenvalue weighted by Crippen LogP contribution is 2.28. The van der Waals surface area contributed by atoms with Crippen LogP contribution in [0.5, 0.6) is 0 Å². The summed E-state index contributed by atoms with van der Waals surface area (Å²) in [5, 5.41) is 3.00. The number of para-hydroxylation sites is 2. The molecule has 6 nitrogen and oxygen atoms in total. The number of aromatic amines is 1. The number of benzene rings is 2. The van der Waals surface area contributed by atoms with Gasteiger partial charge in [-0.15, -0.1) is 11.8 Å². The van der Waals surface area contributed by atoms with Gasteiger partial charge in [-0.2, -0.15) is 0 Å². The van der Waals surface area contributed by atoms with Crippen LogP contribution in [0.25, 0.3) is 11.0 Å². The predicted octanol–water partition coefficient (Wildman–Crippen LogP) is 3.52. The number of hydrogen-bond donors (Lipinski definition) is 2. The van der Waals surface area contributed by atoms with Gasteiger partial charge in [-0.1, -0.05) is 18.2 Å². The van der Waals surface area contributed by atoms with Crippen molar-refractivity contribution in [2.45, 2.75) is 24.3 Å². The molecular weight excluding hydrogens is 372 g/mol. The predicted molar refractivity (Wildman–Crippen MR) is 111 cm³/mol. The summed E-state index contributed by atoms with van der Waals surface area (Å²) in [6.45, 7) is 2.29. The average Bonchev–Trinajstić information content (AvgIpc) is 3.31. The van der Waals surface area contributed by atoms with E-state index >= 15 is 0 Å². The van der Waals surface area contributed by atoms with Gasteiger partial charge in [-0.3, -0.25) is 9.59 Å². The molecule has 2 atom stereocenters. The molecule has 1 aliphatic heterocycles. The number of H-pyrrole nitrogens is 1. The van der Waals surface area contributed by atoms with Gasteiger partial charge in [0.25, 0.3) is 0 Å². The smallest absolute Gasteiger partial charge is 0.227 e. The summed E-state index contributed by atoms with van der Waals surface area (Å²) in [7, 11) is 0. The maximum Gasteiger partial charge on any atom is 0.227 e. The maximum atomic E-state index is 12.8. The van der Waals surface area contributed by atoms with Crippen molar-refractivity contribution in [1.29, 1.82) is 0 Å². The number of hydrogen-bond acceptors (Lipinski definition) is 4. The van der Waals surface area contributed by atoms with Gasteiger partial charge >= 0.3 is 0 Å². The summed E-state index contributed by atoms with van der Waals surface area (Å²) in [4.78, 5) is 35.8. The van der Waals surface area contributed by atoms with Crippen LogP contribution in [-0.2, 0) is 9.59 Å². The third kappa shape index (κ3) is 3.62. The van der Waals surface area contributed by atoms with E-state index in [0.29, 0.717) is 12.4 Å². The lowest BCUT2D eigenvalue weighted by Crippen LogP contribution is -2.35. The Bertz CT molecular complexity index is 999. The number of nitrogens with zero attached hydrogens (tertiary/aromatic N) is 2. The molecule has 2 amide bonds. The van der Waals surface area contributed by atoms with E-state index in [0.717, 1.165) is 21.6 Å². The van der Waals surface area contributed by atoms with E-state index in [1.807, 2.05) is 61.7 Å². The first kappa shape index (κ1) is 18.6. The Kier molecular flexibility index (Phi) is 5.09. The van der Waals surface area contributed by atoms with Crippen molar-refractivity contribution >= 4 is 40.3 Å². The molecular formula is C21H22N4O2S. The molecule has 1 saturated heterocycles. The van der Waals surface area contributed by atoms with Crippen molar-refractivity contribution in [1.82, 2.24) is 15.3 Å². The van der Waals surface area contributed by atoms with E-state index in [1.165, 1.54) is 0 Å². The summed E-state index contributed by atoms with van der Waals surface area (Å²) in [5.41, 5.74) is 2.65. The summed E-state index contributed by atoms with van der Waals surface area (Å²) in [6.07, 6.45) is 2.22.